The van der Waals surface area contributed by atoms with Crippen LogP contribution < -0.4 is 5.32 Å². The van der Waals surface area contributed by atoms with Crippen molar-refractivity contribution in [3.8, 4) is 0 Å². The van der Waals surface area contributed by atoms with E-state index in [9.17, 15) is 0 Å². The highest BCUT2D eigenvalue weighted by Gasteiger charge is 2.21. The molecule has 1 saturated carbocycles. The summed E-state index contributed by atoms with van der Waals surface area (Å²) in [5.41, 5.74) is 1.16. The van der Waals surface area contributed by atoms with Crippen molar-refractivity contribution in [2.75, 3.05) is 12.4 Å². The van der Waals surface area contributed by atoms with Crippen LogP contribution in [-0.4, -0.2) is 17.0 Å². The van der Waals surface area contributed by atoms with Crippen LogP contribution in [0.2, 0.25) is 0 Å². The second-order valence-corrected chi connectivity index (χ2v) is 3.52. The number of anilines is 1. The molecule has 1 N–H and O–H groups in total. The summed E-state index contributed by atoms with van der Waals surface area (Å²) in [7, 11) is 1.91. The quantitative estimate of drug-likeness (QED) is 0.752. The van der Waals surface area contributed by atoms with Gasteiger partial charge in [-0.25, -0.2) is 4.98 Å². The number of nitrogens with one attached hydrogen (secondary N) is 1. The Balaban J connectivity index is 2.26. The average molecular weight is 177 g/mol. The Morgan fingerprint density at radius 1 is 1.23 bits per heavy atom. The highest BCUT2D eigenvalue weighted by atomic mass is 15.0. The van der Waals surface area contributed by atoms with E-state index in [1.165, 1.54) is 25.7 Å². The lowest BCUT2D eigenvalue weighted by Gasteiger charge is -2.11. The van der Waals surface area contributed by atoms with Crippen LogP contribution in [0.1, 0.15) is 37.3 Å². The zero-order valence-corrected chi connectivity index (χ0v) is 7.95. The summed E-state index contributed by atoms with van der Waals surface area (Å²) in [6.07, 6.45) is 8.74. The molecule has 70 valence electrons. The van der Waals surface area contributed by atoms with Gasteiger partial charge in [-0.2, -0.15) is 0 Å². The van der Waals surface area contributed by atoms with Gasteiger partial charge in [-0.05, 0) is 12.8 Å². The van der Waals surface area contributed by atoms with Crippen LogP contribution >= 0.6 is 0 Å². The molecule has 0 spiro atoms. The van der Waals surface area contributed by atoms with E-state index in [0.29, 0.717) is 5.92 Å². The Kier molecular flexibility index (Phi) is 2.43. The zero-order chi connectivity index (χ0) is 9.10. The molecule has 0 radical (unpaired) electrons. The van der Waals surface area contributed by atoms with Crippen molar-refractivity contribution in [1.29, 1.82) is 0 Å². The van der Waals surface area contributed by atoms with Gasteiger partial charge < -0.3 is 5.32 Å². The van der Waals surface area contributed by atoms with Crippen molar-refractivity contribution in [2.45, 2.75) is 31.6 Å². The molecule has 3 heteroatoms. The summed E-state index contributed by atoms with van der Waals surface area (Å²) in [4.78, 5) is 8.67. The third kappa shape index (κ3) is 1.64. The van der Waals surface area contributed by atoms with E-state index in [0.717, 1.165) is 11.5 Å². The summed E-state index contributed by atoms with van der Waals surface area (Å²) in [6, 6.07) is 0. The Labute approximate surface area is 78.6 Å². The summed E-state index contributed by atoms with van der Waals surface area (Å²) in [5.74, 6) is 1.59. The van der Waals surface area contributed by atoms with E-state index in [-0.39, 0.29) is 0 Å². The molecule has 0 aliphatic heterocycles. The van der Waals surface area contributed by atoms with Crippen molar-refractivity contribution in [2.24, 2.45) is 0 Å². The highest BCUT2D eigenvalue weighted by molar-refractivity contribution is 5.40. The maximum Gasteiger partial charge on any atom is 0.147 e. The van der Waals surface area contributed by atoms with Crippen LogP contribution in [0.3, 0.4) is 0 Å². The molecule has 2 rings (SSSR count). The smallest absolute Gasteiger partial charge is 0.147 e. The minimum absolute atomic E-state index is 0.635. The van der Waals surface area contributed by atoms with Gasteiger partial charge in [-0.3, -0.25) is 4.98 Å². The Hall–Kier alpha value is -1.12. The second kappa shape index (κ2) is 3.73. The lowest BCUT2D eigenvalue weighted by molar-refractivity contribution is 0.695. The number of aromatic nitrogens is 2. The first-order valence-corrected chi connectivity index (χ1v) is 4.90. The first-order valence-electron chi connectivity index (χ1n) is 4.90. The van der Waals surface area contributed by atoms with Crippen LogP contribution in [0.5, 0.6) is 0 Å². The van der Waals surface area contributed by atoms with Gasteiger partial charge in [0.25, 0.3) is 0 Å². The predicted octanol–water partition coefficient (Wildman–Crippen LogP) is 2.18. The maximum atomic E-state index is 4.41. The normalized spacial score (nSPS) is 17.6. The van der Waals surface area contributed by atoms with Crippen LogP contribution in [0, 0.1) is 0 Å². The fraction of sp³-hybridized carbons (Fsp3) is 0.600. The first-order chi connectivity index (χ1) is 6.42. The standard InChI is InChI=1S/C10H15N3/c1-11-10-9(12-6-7-13-10)8-4-2-3-5-8/h6-8H,2-5H2,1H3,(H,11,13). The number of nitrogens with zero attached hydrogens (tertiary/aromatic N) is 2. The Bertz CT molecular complexity index is 279. The molecule has 0 atom stereocenters. The molecule has 1 heterocycles. The van der Waals surface area contributed by atoms with Crippen molar-refractivity contribution in [3.05, 3.63) is 18.1 Å². The molecule has 0 saturated heterocycles. The molecule has 1 aromatic heterocycles. The van der Waals surface area contributed by atoms with Gasteiger partial charge in [0.15, 0.2) is 0 Å². The van der Waals surface area contributed by atoms with E-state index in [2.05, 4.69) is 15.3 Å². The van der Waals surface area contributed by atoms with Crippen molar-refractivity contribution < 1.29 is 0 Å². The molecule has 13 heavy (non-hydrogen) atoms. The predicted molar refractivity (Wildman–Crippen MR) is 52.8 cm³/mol. The van der Waals surface area contributed by atoms with Crippen molar-refractivity contribution >= 4 is 5.82 Å². The molecular weight excluding hydrogens is 162 g/mol. The van der Waals surface area contributed by atoms with Crippen molar-refractivity contribution in [1.82, 2.24) is 9.97 Å². The summed E-state index contributed by atoms with van der Waals surface area (Å²) < 4.78 is 0. The molecule has 1 aliphatic rings. The van der Waals surface area contributed by atoms with Gasteiger partial charge in [0.2, 0.25) is 0 Å². The summed E-state index contributed by atoms with van der Waals surface area (Å²) in [6.45, 7) is 0. The molecule has 0 bridgehead atoms. The largest absolute Gasteiger partial charge is 0.372 e. The number of rotatable bonds is 2. The van der Waals surface area contributed by atoms with Gasteiger partial charge >= 0.3 is 0 Å². The minimum Gasteiger partial charge on any atom is -0.372 e. The molecule has 0 amide bonds. The number of hydrogen-bond donors (Lipinski definition) is 1. The Morgan fingerprint density at radius 2 is 1.92 bits per heavy atom. The van der Waals surface area contributed by atoms with E-state index >= 15 is 0 Å². The topological polar surface area (TPSA) is 37.8 Å². The SMILES string of the molecule is CNc1nccnc1C1CCCC1. The zero-order valence-electron chi connectivity index (χ0n) is 7.95. The molecule has 0 unspecified atom stereocenters. The lowest BCUT2D eigenvalue weighted by Crippen LogP contribution is -2.04. The number of hydrogen-bond acceptors (Lipinski definition) is 3. The van der Waals surface area contributed by atoms with Crippen molar-refractivity contribution in [3.63, 3.8) is 0 Å². The molecule has 3 nitrogen and oxygen atoms in total. The monoisotopic (exact) mass is 177 g/mol. The van der Waals surface area contributed by atoms with Gasteiger partial charge in [-0.15, -0.1) is 0 Å². The van der Waals surface area contributed by atoms with Gasteiger partial charge in [0.05, 0.1) is 5.69 Å². The van der Waals surface area contributed by atoms with E-state index in [1.807, 2.05) is 7.05 Å². The van der Waals surface area contributed by atoms with Crippen LogP contribution in [0.25, 0.3) is 0 Å². The second-order valence-electron chi connectivity index (χ2n) is 3.52. The fourth-order valence-electron chi connectivity index (χ4n) is 2.04. The molecule has 1 aromatic rings. The summed E-state index contributed by atoms with van der Waals surface area (Å²) >= 11 is 0. The van der Waals surface area contributed by atoms with Gasteiger partial charge in [0.1, 0.15) is 5.82 Å². The molecule has 1 aliphatic carbocycles. The fourth-order valence-corrected chi connectivity index (χ4v) is 2.04. The lowest BCUT2D eigenvalue weighted by atomic mass is 10.0. The third-order valence-corrected chi connectivity index (χ3v) is 2.71. The molecule has 0 aromatic carbocycles. The minimum atomic E-state index is 0.635. The highest BCUT2D eigenvalue weighted by Crippen LogP contribution is 2.35. The molecule has 1 fully saturated rings. The van der Waals surface area contributed by atoms with Crippen LogP contribution in [-0.2, 0) is 0 Å². The van der Waals surface area contributed by atoms with Gasteiger partial charge in [0, 0.05) is 25.4 Å². The van der Waals surface area contributed by atoms with E-state index in [4.69, 9.17) is 0 Å². The summed E-state index contributed by atoms with van der Waals surface area (Å²) in [5, 5.41) is 3.10. The van der Waals surface area contributed by atoms with Crippen LogP contribution in [0.15, 0.2) is 12.4 Å². The van der Waals surface area contributed by atoms with E-state index in [1.54, 1.807) is 12.4 Å². The first kappa shape index (κ1) is 8.48. The molecular formula is C10H15N3. The Morgan fingerprint density at radius 3 is 2.62 bits per heavy atom. The van der Waals surface area contributed by atoms with Crippen LogP contribution in [0.4, 0.5) is 5.82 Å². The average Bonchev–Trinajstić information content (AvgIpc) is 2.70. The maximum absolute atomic E-state index is 4.41. The van der Waals surface area contributed by atoms with Gasteiger partial charge in [-0.1, -0.05) is 12.8 Å². The third-order valence-electron chi connectivity index (χ3n) is 2.71. The van der Waals surface area contributed by atoms with E-state index < -0.39 is 0 Å².